The van der Waals surface area contributed by atoms with Crippen molar-refractivity contribution in [1.82, 2.24) is 9.55 Å². The molecule has 0 bridgehead atoms. The van der Waals surface area contributed by atoms with Gasteiger partial charge < -0.3 is 14.6 Å². The first-order valence-electron chi connectivity index (χ1n) is 6.25. The molecule has 1 atom stereocenters. The van der Waals surface area contributed by atoms with Crippen LogP contribution in [-0.4, -0.2) is 33.2 Å². The number of hydrogen-bond acceptors (Lipinski definition) is 4. The molecule has 6 nitrogen and oxygen atoms in total. The first-order valence-corrected chi connectivity index (χ1v) is 6.25. The molecule has 18 heavy (non-hydrogen) atoms. The number of carboxylic acids is 1. The van der Waals surface area contributed by atoms with Crippen LogP contribution in [0.1, 0.15) is 31.7 Å². The molecule has 0 aromatic carbocycles. The number of aromatic nitrogens is 2. The van der Waals surface area contributed by atoms with Crippen molar-refractivity contribution >= 4 is 11.8 Å². The lowest BCUT2D eigenvalue weighted by molar-refractivity contribution is -0.138. The lowest BCUT2D eigenvalue weighted by atomic mass is 10.2. The highest BCUT2D eigenvalue weighted by atomic mass is 16.4. The highest BCUT2D eigenvalue weighted by molar-refractivity contribution is 5.78. The Bertz CT molecular complexity index is 536. The third kappa shape index (κ3) is 1.77. The summed E-state index contributed by atoms with van der Waals surface area (Å²) in [5, 5.41) is 9.15. The number of hydrogen-bond donors (Lipinski definition) is 1. The lowest BCUT2D eigenvalue weighted by Crippen LogP contribution is -2.40. The van der Waals surface area contributed by atoms with Crippen LogP contribution < -0.4 is 10.5 Å². The highest BCUT2D eigenvalue weighted by Gasteiger charge is 2.34. The van der Waals surface area contributed by atoms with E-state index in [1.165, 1.54) is 0 Å². The normalized spacial score (nSPS) is 23.3. The van der Waals surface area contributed by atoms with Crippen molar-refractivity contribution < 1.29 is 9.90 Å². The molecule has 2 heterocycles. The minimum absolute atomic E-state index is 0.159. The van der Waals surface area contributed by atoms with Crippen molar-refractivity contribution in [3.05, 3.63) is 22.7 Å². The SMILES string of the molecule is O=C(O)C1CCCN1c1nccn(C2CC2)c1=O. The summed E-state index contributed by atoms with van der Waals surface area (Å²) >= 11 is 0. The van der Waals surface area contributed by atoms with Crippen LogP contribution in [0.15, 0.2) is 17.2 Å². The fourth-order valence-electron chi connectivity index (χ4n) is 2.53. The topological polar surface area (TPSA) is 75.4 Å². The molecule has 1 aliphatic carbocycles. The van der Waals surface area contributed by atoms with Gasteiger partial charge >= 0.3 is 5.97 Å². The van der Waals surface area contributed by atoms with Crippen LogP contribution in [-0.2, 0) is 4.79 Å². The zero-order valence-electron chi connectivity index (χ0n) is 9.95. The Kier molecular flexibility index (Phi) is 2.57. The Morgan fingerprint density at radius 1 is 1.39 bits per heavy atom. The largest absolute Gasteiger partial charge is 0.480 e. The Balaban J connectivity index is 1.98. The van der Waals surface area contributed by atoms with Crippen LogP contribution in [0.2, 0.25) is 0 Å². The summed E-state index contributed by atoms with van der Waals surface area (Å²) in [4.78, 5) is 29.1. The van der Waals surface area contributed by atoms with Gasteiger partial charge in [-0.3, -0.25) is 4.79 Å². The number of nitrogens with zero attached hydrogens (tertiary/aromatic N) is 3. The predicted molar refractivity (Wildman–Crippen MR) is 64.8 cm³/mol. The van der Waals surface area contributed by atoms with Gasteiger partial charge in [0, 0.05) is 25.0 Å². The molecule has 3 rings (SSSR count). The maximum atomic E-state index is 12.3. The van der Waals surface area contributed by atoms with E-state index in [9.17, 15) is 9.59 Å². The number of rotatable bonds is 3. The number of carbonyl (C=O) groups is 1. The van der Waals surface area contributed by atoms with Gasteiger partial charge in [0.15, 0.2) is 5.82 Å². The van der Waals surface area contributed by atoms with E-state index in [1.54, 1.807) is 21.9 Å². The van der Waals surface area contributed by atoms with Gasteiger partial charge in [-0.15, -0.1) is 0 Å². The first kappa shape index (κ1) is 11.3. The Morgan fingerprint density at radius 2 is 2.17 bits per heavy atom. The van der Waals surface area contributed by atoms with E-state index in [0.717, 1.165) is 19.3 Å². The van der Waals surface area contributed by atoms with Gasteiger partial charge in [0.25, 0.3) is 5.56 Å². The van der Waals surface area contributed by atoms with Gasteiger partial charge in [-0.05, 0) is 25.7 Å². The summed E-state index contributed by atoms with van der Waals surface area (Å²) in [5.41, 5.74) is -0.159. The Hall–Kier alpha value is -1.85. The third-order valence-electron chi connectivity index (χ3n) is 3.60. The fourth-order valence-corrected chi connectivity index (χ4v) is 2.53. The average Bonchev–Trinajstić information content (AvgIpc) is 3.06. The zero-order chi connectivity index (χ0) is 12.7. The molecule has 0 spiro atoms. The summed E-state index contributed by atoms with van der Waals surface area (Å²) in [6.45, 7) is 0.591. The van der Waals surface area contributed by atoms with E-state index in [4.69, 9.17) is 5.11 Å². The minimum Gasteiger partial charge on any atom is -0.480 e. The van der Waals surface area contributed by atoms with Gasteiger partial charge in [0.2, 0.25) is 0 Å². The second-order valence-corrected chi connectivity index (χ2v) is 4.88. The summed E-state index contributed by atoms with van der Waals surface area (Å²) < 4.78 is 1.68. The van der Waals surface area contributed by atoms with Crippen LogP contribution in [0, 0.1) is 0 Å². The predicted octanol–water partition coefficient (Wildman–Crippen LogP) is 0.632. The van der Waals surface area contributed by atoms with Crippen LogP contribution >= 0.6 is 0 Å². The van der Waals surface area contributed by atoms with Crippen molar-refractivity contribution in [3.8, 4) is 0 Å². The highest BCUT2D eigenvalue weighted by Crippen LogP contribution is 2.33. The van der Waals surface area contributed by atoms with Gasteiger partial charge in [0.05, 0.1) is 0 Å². The molecule has 0 radical (unpaired) electrons. The summed E-state index contributed by atoms with van der Waals surface area (Å²) in [7, 11) is 0. The van der Waals surface area contributed by atoms with Crippen LogP contribution in [0.4, 0.5) is 5.82 Å². The van der Waals surface area contributed by atoms with E-state index < -0.39 is 12.0 Å². The quantitative estimate of drug-likeness (QED) is 0.850. The molecule has 1 aromatic heterocycles. The van der Waals surface area contributed by atoms with Crippen molar-refractivity contribution in [2.45, 2.75) is 37.8 Å². The summed E-state index contributed by atoms with van der Waals surface area (Å²) in [6.07, 6.45) is 6.68. The molecule has 1 aromatic rings. The molecular formula is C12H15N3O3. The average molecular weight is 249 g/mol. The Morgan fingerprint density at radius 3 is 2.83 bits per heavy atom. The standard InChI is InChI=1S/C12H15N3O3/c16-11-10(13-5-7-14(11)8-3-4-8)15-6-1-2-9(15)12(17)18/h5,7-9H,1-4,6H2,(H,17,18). The molecule has 6 heteroatoms. The van der Waals surface area contributed by atoms with Crippen molar-refractivity contribution in [2.24, 2.45) is 0 Å². The molecular weight excluding hydrogens is 234 g/mol. The van der Waals surface area contributed by atoms with Gasteiger partial charge in [0.1, 0.15) is 6.04 Å². The molecule has 96 valence electrons. The van der Waals surface area contributed by atoms with Gasteiger partial charge in [-0.1, -0.05) is 0 Å². The zero-order valence-corrected chi connectivity index (χ0v) is 9.95. The van der Waals surface area contributed by atoms with Crippen molar-refractivity contribution in [3.63, 3.8) is 0 Å². The van der Waals surface area contributed by atoms with Crippen molar-refractivity contribution in [2.75, 3.05) is 11.4 Å². The van der Waals surface area contributed by atoms with Crippen LogP contribution in [0.3, 0.4) is 0 Å². The summed E-state index contributed by atoms with van der Waals surface area (Å²) in [5.74, 6) is -0.593. The van der Waals surface area contributed by atoms with Crippen molar-refractivity contribution in [1.29, 1.82) is 0 Å². The maximum Gasteiger partial charge on any atom is 0.326 e. The second-order valence-electron chi connectivity index (χ2n) is 4.88. The molecule has 2 aliphatic rings. The summed E-state index contributed by atoms with van der Waals surface area (Å²) in [6, 6.07) is -0.328. The van der Waals surface area contributed by atoms with E-state index in [1.807, 2.05) is 0 Å². The molecule has 1 aliphatic heterocycles. The van der Waals surface area contributed by atoms with E-state index in [0.29, 0.717) is 13.0 Å². The van der Waals surface area contributed by atoms with E-state index in [-0.39, 0.29) is 17.4 Å². The number of carboxylic acid groups (broad SMARTS) is 1. The lowest BCUT2D eigenvalue weighted by Gasteiger charge is -2.22. The molecule has 1 N–H and O–H groups in total. The third-order valence-corrected chi connectivity index (χ3v) is 3.60. The molecule has 0 amide bonds. The Labute approximate surface area is 104 Å². The molecule has 1 saturated carbocycles. The number of anilines is 1. The van der Waals surface area contributed by atoms with Gasteiger partial charge in [-0.25, -0.2) is 9.78 Å². The fraction of sp³-hybridized carbons (Fsp3) is 0.583. The number of aliphatic carboxylic acids is 1. The monoisotopic (exact) mass is 249 g/mol. The van der Waals surface area contributed by atoms with Crippen LogP contribution in [0.25, 0.3) is 0 Å². The first-order chi connectivity index (χ1) is 8.68. The smallest absolute Gasteiger partial charge is 0.326 e. The second kappa shape index (κ2) is 4.12. The van der Waals surface area contributed by atoms with E-state index >= 15 is 0 Å². The molecule has 2 fully saturated rings. The maximum absolute atomic E-state index is 12.3. The van der Waals surface area contributed by atoms with E-state index in [2.05, 4.69) is 4.98 Å². The molecule has 1 saturated heterocycles. The molecule has 1 unspecified atom stereocenters. The van der Waals surface area contributed by atoms with Crippen LogP contribution in [0.5, 0.6) is 0 Å². The van der Waals surface area contributed by atoms with Gasteiger partial charge in [-0.2, -0.15) is 0 Å². The minimum atomic E-state index is -0.879.